The van der Waals surface area contributed by atoms with Crippen molar-refractivity contribution in [1.82, 2.24) is 0 Å². The van der Waals surface area contributed by atoms with Gasteiger partial charge in [0.25, 0.3) is 0 Å². The smallest absolute Gasteiger partial charge is 0.143 e. The normalized spacial score (nSPS) is 15.6. The molecule has 65 heavy (non-hydrogen) atoms. The highest BCUT2D eigenvalue weighted by Gasteiger charge is 2.51. The Hall–Kier alpha value is -8.20. The second-order valence-corrected chi connectivity index (χ2v) is 18.0. The van der Waals surface area contributed by atoms with Gasteiger partial charge in [0.15, 0.2) is 0 Å². The first-order valence-corrected chi connectivity index (χ1v) is 22.7. The lowest BCUT2D eigenvalue weighted by atomic mass is 9.70. The Morgan fingerprint density at radius 3 is 1.45 bits per heavy atom. The first-order valence-electron chi connectivity index (χ1n) is 22.7. The third-order valence-corrected chi connectivity index (χ3v) is 15.0. The zero-order valence-electron chi connectivity index (χ0n) is 35.8. The van der Waals surface area contributed by atoms with Crippen molar-refractivity contribution in [2.75, 3.05) is 4.90 Å². The number of hydrogen-bond donors (Lipinski definition) is 0. The van der Waals surface area contributed by atoms with E-state index >= 15 is 0 Å². The minimum atomic E-state index is -0.457. The van der Waals surface area contributed by atoms with Crippen molar-refractivity contribution >= 4 is 39.0 Å². The van der Waals surface area contributed by atoms with Gasteiger partial charge in [-0.25, -0.2) is 0 Å². The van der Waals surface area contributed by atoms with Crippen molar-refractivity contribution in [3.8, 4) is 44.5 Å². The van der Waals surface area contributed by atoms with Crippen LogP contribution in [0.4, 0.5) is 17.1 Å². The lowest BCUT2D eigenvalue weighted by Gasteiger charge is -2.33. The van der Waals surface area contributed by atoms with Crippen LogP contribution >= 0.6 is 0 Å². The molecule has 0 aliphatic heterocycles. The Kier molecular flexibility index (Phi) is 7.49. The molecule has 2 heteroatoms. The predicted molar refractivity (Wildman–Crippen MR) is 268 cm³/mol. The SMILES string of the molecule is CC1(c2ccccc2)c2ccccc2-c2ccc(N(c3ccc(-c4cccc5c4oc4ccccc45)cc3)c3ccc4c(c3)C3(c5ccccc5-c5ccccc53)c3ccccc3-4)cc21. The first kappa shape index (κ1) is 36.3. The van der Waals surface area contributed by atoms with Gasteiger partial charge in [-0.1, -0.05) is 188 Å². The van der Waals surface area contributed by atoms with E-state index in [-0.39, 0.29) is 5.41 Å². The van der Waals surface area contributed by atoms with Crippen LogP contribution in [0.3, 0.4) is 0 Å². The van der Waals surface area contributed by atoms with Crippen molar-refractivity contribution in [1.29, 1.82) is 0 Å². The Morgan fingerprint density at radius 2 is 0.800 bits per heavy atom. The maximum Gasteiger partial charge on any atom is 0.143 e. The van der Waals surface area contributed by atoms with Crippen LogP contribution in [-0.2, 0) is 10.8 Å². The van der Waals surface area contributed by atoms with Crippen LogP contribution in [0.2, 0.25) is 0 Å². The van der Waals surface area contributed by atoms with Crippen LogP contribution < -0.4 is 4.90 Å². The highest BCUT2D eigenvalue weighted by molar-refractivity contribution is 6.09. The summed E-state index contributed by atoms with van der Waals surface area (Å²) in [5.74, 6) is 0. The fraction of sp³-hybridized carbons (Fsp3) is 0.0476. The maximum absolute atomic E-state index is 6.53. The first-order chi connectivity index (χ1) is 32.1. The van der Waals surface area contributed by atoms with Crippen LogP contribution in [0.15, 0.2) is 235 Å². The summed E-state index contributed by atoms with van der Waals surface area (Å²) >= 11 is 0. The molecule has 0 saturated carbocycles. The highest BCUT2D eigenvalue weighted by Crippen LogP contribution is 2.63. The topological polar surface area (TPSA) is 16.4 Å². The third-order valence-electron chi connectivity index (χ3n) is 15.0. The standard InChI is InChI=1S/C63H41NO/c1-62(41-16-3-2-4-17-41)54-25-10-5-18-46(54)50-36-34-43(38-58(50)62)64(42-32-30-40(31-33-42)45-23-15-24-53-52-22-9-14-29-60(52)65-61(45)53)44-35-37-51-49-21-8-13-28-57(49)63(59(51)39-44)55-26-11-6-19-47(55)48-20-7-12-27-56(48)63/h2-39H,1H3. The van der Waals surface area contributed by atoms with Crippen molar-refractivity contribution in [3.05, 3.63) is 269 Å². The van der Waals surface area contributed by atoms with Gasteiger partial charge < -0.3 is 9.32 Å². The average Bonchev–Trinajstić information content (AvgIpc) is 4.07. The second kappa shape index (κ2) is 13.4. The van der Waals surface area contributed by atoms with Crippen LogP contribution in [0.1, 0.15) is 45.9 Å². The minimum Gasteiger partial charge on any atom is -0.455 e. The van der Waals surface area contributed by atoms with Gasteiger partial charge in [0.1, 0.15) is 11.2 Å². The van der Waals surface area contributed by atoms with Crippen LogP contribution in [0.5, 0.6) is 0 Å². The van der Waals surface area contributed by atoms with Gasteiger partial charge >= 0.3 is 0 Å². The molecule has 304 valence electrons. The van der Waals surface area contributed by atoms with Gasteiger partial charge in [-0.2, -0.15) is 0 Å². The third kappa shape index (κ3) is 4.83. The van der Waals surface area contributed by atoms with E-state index in [1.807, 2.05) is 6.07 Å². The number of rotatable bonds is 5. The zero-order chi connectivity index (χ0) is 42.9. The molecule has 0 radical (unpaired) electrons. The minimum absolute atomic E-state index is 0.342. The monoisotopic (exact) mass is 827 g/mol. The Balaban J connectivity index is 0.999. The summed E-state index contributed by atoms with van der Waals surface area (Å²) in [6.07, 6.45) is 0. The van der Waals surface area contributed by atoms with Crippen molar-refractivity contribution in [2.24, 2.45) is 0 Å². The molecule has 1 atom stereocenters. The van der Waals surface area contributed by atoms with E-state index in [4.69, 9.17) is 4.42 Å². The van der Waals surface area contributed by atoms with E-state index in [0.717, 1.165) is 50.1 Å². The summed E-state index contributed by atoms with van der Waals surface area (Å²) in [4.78, 5) is 2.48. The van der Waals surface area contributed by atoms with E-state index in [2.05, 4.69) is 236 Å². The largest absolute Gasteiger partial charge is 0.455 e. The van der Waals surface area contributed by atoms with Gasteiger partial charge in [0.05, 0.1) is 5.41 Å². The molecule has 0 saturated heterocycles. The summed E-state index contributed by atoms with van der Waals surface area (Å²) in [5.41, 5.74) is 23.6. The fourth-order valence-corrected chi connectivity index (χ4v) is 12.1. The summed E-state index contributed by atoms with van der Waals surface area (Å²) in [6.45, 7) is 2.40. The number of para-hydroxylation sites is 2. The van der Waals surface area contributed by atoms with E-state index in [0.29, 0.717) is 0 Å². The molecule has 3 aliphatic rings. The second-order valence-electron chi connectivity index (χ2n) is 18.0. The molecular formula is C63H41NO. The summed E-state index contributed by atoms with van der Waals surface area (Å²) in [5, 5.41) is 2.27. The number of nitrogens with zero attached hydrogens (tertiary/aromatic N) is 1. The van der Waals surface area contributed by atoms with E-state index in [9.17, 15) is 0 Å². The molecule has 10 aromatic carbocycles. The molecule has 1 unspecified atom stereocenters. The number of benzene rings is 10. The zero-order valence-corrected chi connectivity index (χ0v) is 35.8. The van der Waals surface area contributed by atoms with Crippen LogP contribution in [0, 0.1) is 0 Å². The van der Waals surface area contributed by atoms with Gasteiger partial charge in [0.2, 0.25) is 0 Å². The Labute approximate surface area is 378 Å². The molecule has 1 heterocycles. The van der Waals surface area contributed by atoms with Gasteiger partial charge in [-0.3, -0.25) is 0 Å². The lowest BCUT2D eigenvalue weighted by Crippen LogP contribution is -2.26. The van der Waals surface area contributed by atoms with E-state index < -0.39 is 5.41 Å². The van der Waals surface area contributed by atoms with Crippen molar-refractivity contribution in [2.45, 2.75) is 17.8 Å². The van der Waals surface area contributed by atoms with Gasteiger partial charge in [-0.15, -0.1) is 0 Å². The van der Waals surface area contributed by atoms with Gasteiger partial charge in [-0.05, 0) is 127 Å². The van der Waals surface area contributed by atoms with Gasteiger partial charge in [0, 0.05) is 38.8 Å². The maximum atomic E-state index is 6.53. The fourth-order valence-electron chi connectivity index (χ4n) is 12.1. The Bertz CT molecular complexity index is 3680. The highest BCUT2D eigenvalue weighted by atomic mass is 16.3. The quantitative estimate of drug-likeness (QED) is 0.172. The van der Waals surface area contributed by atoms with Crippen LogP contribution in [-0.4, -0.2) is 0 Å². The lowest BCUT2D eigenvalue weighted by molar-refractivity contribution is 0.670. The number of fused-ring (bicyclic) bond motifs is 16. The molecule has 11 aromatic rings. The molecule has 3 aliphatic carbocycles. The molecule has 1 spiro atoms. The molecule has 1 aromatic heterocycles. The van der Waals surface area contributed by atoms with Crippen LogP contribution in [0.25, 0.3) is 66.4 Å². The molecule has 0 bridgehead atoms. The molecule has 0 amide bonds. The summed E-state index contributed by atoms with van der Waals surface area (Å²) < 4.78 is 6.53. The van der Waals surface area contributed by atoms with E-state index in [1.54, 1.807) is 0 Å². The molecule has 2 nitrogen and oxygen atoms in total. The summed E-state index contributed by atoms with van der Waals surface area (Å²) in [7, 11) is 0. The Morgan fingerprint density at radius 1 is 0.338 bits per heavy atom. The molecule has 0 N–H and O–H groups in total. The average molecular weight is 828 g/mol. The number of furan rings is 1. The van der Waals surface area contributed by atoms with Crippen molar-refractivity contribution in [3.63, 3.8) is 0 Å². The van der Waals surface area contributed by atoms with E-state index in [1.165, 1.54) is 72.3 Å². The molecule has 0 fully saturated rings. The van der Waals surface area contributed by atoms with Crippen molar-refractivity contribution < 1.29 is 4.42 Å². The molecule has 14 rings (SSSR count). The summed E-state index contributed by atoms with van der Waals surface area (Å²) in [6, 6.07) is 85.4. The number of anilines is 3. The predicted octanol–water partition coefficient (Wildman–Crippen LogP) is 16.4. The number of hydrogen-bond acceptors (Lipinski definition) is 2. The molecular weight excluding hydrogens is 787 g/mol.